The maximum absolute atomic E-state index is 13.4. The van der Waals surface area contributed by atoms with Crippen molar-refractivity contribution in [3.05, 3.63) is 52.7 Å². The molecule has 0 spiro atoms. The second kappa shape index (κ2) is 10.4. The lowest BCUT2D eigenvalue weighted by Crippen LogP contribution is -2.50. The fourth-order valence-electron chi connectivity index (χ4n) is 5.91. The minimum Gasteiger partial charge on any atom is -0.382 e. The Morgan fingerprint density at radius 2 is 1.86 bits per heavy atom. The van der Waals surface area contributed by atoms with Crippen molar-refractivity contribution in [2.45, 2.75) is 96.1 Å². The summed E-state index contributed by atoms with van der Waals surface area (Å²) in [5.41, 5.74) is 9.20. The van der Waals surface area contributed by atoms with E-state index in [1.54, 1.807) is 12.3 Å². The minimum atomic E-state index is -1.11. The molecule has 0 radical (unpaired) electrons. The van der Waals surface area contributed by atoms with E-state index in [0.29, 0.717) is 34.5 Å². The number of nitrogens with one attached hydrogen (secondary N) is 2. The first-order valence-corrected chi connectivity index (χ1v) is 13.7. The summed E-state index contributed by atoms with van der Waals surface area (Å²) < 4.78 is 0. The van der Waals surface area contributed by atoms with Crippen LogP contribution >= 0.6 is 0 Å². The summed E-state index contributed by atoms with van der Waals surface area (Å²) in [5.74, 6) is 1.25. The number of aliphatic hydroxyl groups is 1. The van der Waals surface area contributed by atoms with Gasteiger partial charge < -0.3 is 26.4 Å². The van der Waals surface area contributed by atoms with Crippen molar-refractivity contribution in [3.8, 4) is 0 Å². The van der Waals surface area contributed by atoms with Gasteiger partial charge in [0.1, 0.15) is 12.0 Å². The third kappa shape index (κ3) is 5.36. The molecule has 1 saturated carbocycles. The van der Waals surface area contributed by atoms with Gasteiger partial charge in [0, 0.05) is 58.7 Å². The average Bonchev–Trinajstić information content (AvgIpc) is 3.69. The van der Waals surface area contributed by atoms with Crippen molar-refractivity contribution in [1.82, 2.24) is 10.3 Å². The van der Waals surface area contributed by atoms with Crippen molar-refractivity contribution in [1.29, 1.82) is 0 Å². The predicted octanol–water partition coefficient (Wildman–Crippen LogP) is 4.07. The Balaban J connectivity index is 1.27. The average molecular weight is 506 g/mol. The van der Waals surface area contributed by atoms with Gasteiger partial charge >= 0.3 is 0 Å². The number of nitrogens with two attached hydrogens (primary N) is 1. The summed E-state index contributed by atoms with van der Waals surface area (Å²) in [6.45, 7) is 6.02. The SMILES string of the molecule is CC[C@H](C)Nc1cc(C(=O)NC2CC3CC[C@H](C2)N3c2ccc(C(=O)C3CC3)cn2)c(C)cc1C(N)O. The molecule has 1 aromatic carbocycles. The van der Waals surface area contributed by atoms with Crippen LogP contribution < -0.4 is 21.3 Å². The molecule has 2 bridgehead atoms. The van der Waals surface area contributed by atoms with Crippen LogP contribution in [0.3, 0.4) is 0 Å². The first-order chi connectivity index (χ1) is 17.7. The molecule has 1 aromatic heterocycles. The van der Waals surface area contributed by atoms with Crippen molar-refractivity contribution >= 4 is 23.2 Å². The third-order valence-electron chi connectivity index (χ3n) is 8.29. The molecule has 8 heteroatoms. The number of nitrogens with zero attached hydrogens (tertiary/aromatic N) is 2. The van der Waals surface area contributed by atoms with Gasteiger partial charge in [-0.3, -0.25) is 9.59 Å². The smallest absolute Gasteiger partial charge is 0.251 e. The molecule has 3 heterocycles. The number of anilines is 2. The second-order valence-electron chi connectivity index (χ2n) is 11.1. The van der Waals surface area contributed by atoms with E-state index in [1.807, 2.05) is 25.1 Å². The Morgan fingerprint density at radius 1 is 1.16 bits per heavy atom. The Hall–Kier alpha value is -2.97. The number of hydrogen-bond acceptors (Lipinski definition) is 7. The summed E-state index contributed by atoms with van der Waals surface area (Å²) in [7, 11) is 0. The Labute approximate surface area is 219 Å². The highest BCUT2D eigenvalue weighted by Gasteiger charge is 2.42. The molecule has 5 rings (SSSR count). The molecule has 1 amide bonds. The lowest BCUT2D eigenvalue weighted by Gasteiger charge is -2.40. The first-order valence-electron chi connectivity index (χ1n) is 13.7. The number of rotatable bonds is 9. The predicted molar refractivity (Wildman–Crippen MR) is 145 cm³/mol. The van der Waals surface area contributed by atoms with E-state index >= 15 is 0 Å². The van der Waals surface area contributed by atoms with E-state index in [9.17, 15) is 14.7 Å². The molecule has 3 aliphatic rings. The van der Waals surface area contributed by atoms with Gasteiger partial charge in [-0.05, 0) is 88.6 Å². The van der Waals surface area contributed by atoms with Crippen LogP contribution in [0.2, 0.25) is 0 Å². The number of fused-ring (bicyclic) bond motifs is 2. The maximum atomic E-state index is 13.4. The summed E-state index contributed by atoms with van der Waals surface area (Å²) >= 11 is 0. The van der Waals surface area contributed by atoms with Gasteiger partial charge in [-0.1, -0.05) is 6.92 Å². The zero-order valence-electron chi connectivity index (χ0n) is 22.0. The van der Waals surface area contributed by atoms with Crippen molar-refractivity contribution in [2.24, 2.45) is 11.7 Å². The maximum Gasteiger partial charge on any atom is 0.251 e. The molecule has 2 saturated heterocycles. The normalized spacial score (nSPS) is 24.5. The van der Waals surface area contributed by atoms with Gasteiger partial charge in [-0.25, -0.2) is 4.98 Å². The van der Waals surface area contributed by atoms with E-state index in [0.717, 1.165) is 56.3 Å². The fourth-order valence-corrected chi connectivity index (χ4v) is 5.91. The number of Topliss-reactive ketones (excluding diaryl/α,β-unsaturated/α-hetero) is 1. The van der Waals surface area contributed by atoms with Gasteiger partial charge in [0.05, 0.1) is 0 Å². The van der Waals surface area contributed by atoms with Crippen LogP contribution in [0, 0.1) is 12.8 Å². The van der Waals surface area contributed by atoms with E-state index in [-0.39, 0.29) is 29.7 Å². The topological polar surface area (TPSA) is 121 Å². The molecule has 8 nitrogen and oxygen atoms in total. The monoisotopic (exact) mass is 505 g/mol. The molecule has 198 valence electrons. The number of hydrogen-bond donors (Lipinski definition) is 4. The lowest BCUT2D eigenvalue weighted by molar-refractivity contribution is 0.0924. The highest BCUT2D eigenvalue weighted by molar-refractivity contribution is 5.99. The van der Waals surface area contributed by atoms with Gasteiger partial charge in [0.2, 0.25) is 0 Å². The molecular weight excluding hydrogens is 466 g/mol. The quantitative estimate of drug-likeness (QED) is 0.299. The number of amides is 1. The van der Waals surface area contributed by atoms with Crippen LogP contribution in [-0.4, -0.2) is 45.9 Å². The minimum absolute atomic E-state index is 0.0853. The van der Waals surface area contributed by atoms with Crippen LogP contribution in [0.25, 0.3) is 0 Å². The van der Waals surface area contributed by atoms with Crippen LogP contribution in [0.15, 0.2) is 30.5 Å². The van der Waals surface area contributed by atoms with Gasteiger partial charge in [-0.2, -0.15) is 0 Å². The third-order valence-corrected chi connectivity index (χ3v) is 8.29. The number of benzene rings is 1. The van der Waals surface area contributed by atoms with Gasteiger partial charge in [-0.15, -0.1) is 0 Å². The molecule has 5 atom stereocenters. The van der Waals surface area contributed by atoms with E-state index in [4.69, 9.17) is 5.73 Å². The zero-order chi connectivity index (χ0) is 26.3. The molecule has 37 heavy (non-hydrogen) atoms. The van der Waals surface area contributed by atoms with Crippen LogP contribution in [0.4, 0.5) is 11.5 Å². The van der Waals surface area contributed by atoms with Crippen molar-refractivity contribution in [3.63, 3.8) is 0 Å². The lowest BCUT2D eigenvalue weighted by atomic mass is 9.95. The van der Waals surface area contributed by atoms with E-state index < -0.39 is 6.23 Å². The number of aryl methyl sites for hydroxylation is 1. The number of aliphatic hydroxyl groups excluding tert-OH is 1. The number of ketones is 1. The standard InChI is InChI=1S/C29H39N5O3/c1-4-17(3)32-25-14-23(16(2)11-24(25)28(30)36)29(37)33-20-12-21-8-9-22(13-20)34(21)26-10-7-19(15-31-26)27(35)18-5-6-18/h7,10-11,14-15,17-18,20-22,28,32,36H,4-6,8-9,12-13,30H2,1-3H3,(H,33,37)/t17-,20?,21+,22?,28?/m0/s1. The second-order valence-corrected chi connectivity index (χ2v) is 11.1. The molecule has 5 N–H and O–H groups in total. The number of piperidine rings is 1. The number of carbonyl (C=O) groups excluding carboxylic acids is 2. The summed E-state index contributed by atoms with van der Waals surface area (Å²) in [4.78, 5) is 32.8. The van der Waals surface area contributed by atoms with Crippen LogP contribution in [0.1, 0.15) is 96.9 Å². The first kappa shape index (κ1) is 25.7. The van der Waals surface area contributed by atoms with Crippen molar-refractivity contribution in [2.75, 3.05) is 10.2 Å². The number of carbonyl (C=O) groups is 2. The van der Waals surface area contributed by atoms with Gasteiger partial charge in [0.25, 0.3) is 5.91 Å². The zero-order valence-corrected chi connectivity index (χ0v) is 22.0. The summed E-state index contributed by atoms with van der Waals surface area (Å²) in [5, 5.41) is 16.7. The summed E-state index contributed by atoms with van der Waals surface area (Å²) in [6, 6.07) is 8.45. The largest absolute Gasteiger partial charge is 0.382 e. The Kier molecular flexibility index (Phi) is 7.23. The number of aromatic nitrogens is 1. The number of pyridine rings is 1. The molecular formula is C29H39N5O3. The molecule has 3 unspecified atom stereocenters. The van der Waals surface area contributed by atoms with Crippen LogP contribution in [-0.2, 0) is 0 Å². The Morgan fingerprint density at radius 3 is 2.43 bits per heavy atom. The summed E-state index contributed by atoms with van der Waals surface area (Å²) in [6.07, 6.45) is 7.41. The highest BCUT2D eigenvalue weighted by Crippen LogP contribution is 2.39. The Bertz CT molecular complexity index is 1150. The molecule has 1 aliphatic carbocycles. The fraction of sp³-hybridized carbons (Fsp3) is 0.552. The molecule has 3 fully saturated rings. The molecule has 2 aromatic rings. The van der Waals surface area contributed by atoms with E-state index in [2.05, 4.69) is 34.4 Å². The van der Waals surface area contributed by atoms with Gasteiger partial charge in [0.15, 0.2) is 5.78 Å². The van der Waals surface area contributed by atoms with Crippen molar-refractivity contribution < 1.29 is 14.7 Å². The molecule has 2 aliphatic heterocycles. The van der Waals surface area contributed by atoms with E-state index in [1.165, 1.54) is 0 Å². The van der Waals surface area contributed by atoms with Crippen LogP contribution in [0.5, 0.6) is 0 Å². The highest BCUT2D eigenvalue weighted by atomic mass is 16.3.